The topological polar surface area (TPSA) is 78.5 Å². The maximum atomic E-state index is 12.2. The van der Waals surface area contributed by atoms with Crippen LogP contribution in [-0.2, 0) is 10.0 Å². The summed E-state index contributed by atoms with van der Waals surface area (Å²) in [6.45, 7) is 3.16. The lowest BCUT2D eigenvalue weighted by atomic mass is 10.1. The number of nitrogens with zero attached hydrogens (tertiary/aromatic N) is 1. The molecular weight excluding hydrogens is 350 g/mol. The molecule has 0 aliphatic heterocycles. The van der Waals surface area contributed by atoms with E-state index in [1.165, 1.54) is 0 Å². The monoisotopic (exact) mass is 375 g/mol. The minimum atomic E-state index is -3.34. The van der Waals surface area contributed by atoms with Crippen molar-refractivity contribution in [3.05, 3.63) is 59.7 Å². The van der Waals surface area contributed by atoms with Crippen molar-refractivity contribution in [2.75, 3.05) is 36.0 Å². The Morgan fingerprint density at radius 2 is 1.81 bits per heavy atom. The Morgan fingerprint density at radius 1 is 1.12 bits per heavy atom. The molecule has 0 heterocycles. The van der Waals surface area contributed by atoms with E-state index in [2.05, 4.69) is 14.9 Å². The average Bonchev–Trinajstić information content (AvgIpc) is 2.59. The number of carbonyl (C=O) groups excluding carboxylic acids is 1. The van der Waals surface area contributed by atoms with E-state index in [4.69, 9.17) is 0 Å². The van der Waals surface area contributed by atoms with Crippen molar-refractivity contribution in [3.63, 3.8) is 0 Å². The Hall–Kier alpha value is -2.54. The first-order chi connectivity index (χ1) is 12.3. The average molecular weight is 375 g/mol. The first kappa shape index (κ1) is 19.8. The van der Waals surface area contributed by atoms with Gasteiger partial charge >= 0.3 is 0 Å². The molecule has 6 nitrogen and oxygen atoms in total. The number of hydrogen-bond acceptors (Lipinski definition) is 4. The summed E-state index contributed by atoms with van der Waals surface area (Å²) in [5, 5.41) is 2.90. The molecular formula is C19H25N3O3S. The SMILES string of the molecule is Cc1cc(C(=O)NCCCN(C)c2ccccc2)ccc1NS(C)(=O)=O. The summed E-state index contributed by atoms with van der Waals surface area (Å²) in [6.07, 6.45) is 1.92. The minimum Gasteiger partial charge on any atom is -0.375 e. The third-order valence-electron chi connectivity index (χ3n) is 3.94. The molecule has 0 aromatic heterocycles. The fraction of sp³-hybridized carbons (Fsp3) is 0.316. The molecule has 2 rings (SSSR count). The maximum absolute atomic E-state index is 12.2. The van der Waals surface area contributed by atoms with Gasteiger partial charge in [0.15, 0.2) is 0 Å². The summed E-state index contributed by atoms with van der Waals surface area (Å²) in [5.74, 6) is -0.165. The molecule has 0 fully saturated rings. The van der Waals surface area contributed by atoms with Crippen molar-refractivity contribution in [3.8, 4) is 0 Å². The first-order valence-electron chi connectivity index (χ1n) is 8.39. The summed E-state index contributed by atoms with van der Waals surface area (Å²) in [6, 6.07) is 15.0. The normalized spacial score (nSPS) is 11.0. The lowest BCUT2D eigenvalue weighted by molar-refractivity contribution is 0.0953. The predicted molar refractivity (Wildman–Crippen MR) is 106 cm³/mol. The largest absolute Gasteiger partial charge is 0.375 e. The van der Waals surface area contributed by atoms with Crippen LogP contribution in [0.3, 0.4) is 0 Å². The molecule has 2 N–H and O–H groups in total. The second kappa shape index (κ2) is 8.71. The fourth-order valence-corrected chi connectivity index (χ4v) is 3.18. The molecule has 0 aliphatic rings. The number of anilines is 2. The highest BCUT2D eigenvalue weighted by molar-refractivity contribution is 7.92. The molecule has 26 heavy (non-hydrogen) atoms. The number of sulfonamides is 1. The van der Waals surface area contributed by atoms with Crippen molar-refractivity contribution in [2.24, 2.45) is 0 Å². The van der Waals surface area contributed by atoms with Crippen molar-refractivity contribution in [1.29, 1.82) is 0 Å². The highest BCUT2D eigenvalue weighted by Crippen LogP contribution is 2.17. The highest BCUT2D eigenvalue weighted by atomic mass is 32.2. The highest BCUT2D eigenvalue weighted by Gasteiger charge is 2.10. The lowest BCUT2D eigenvalue weighted by Crippen LogP contribution is -2.28. The summed E-state index contributed by atoms with van der Waals surface area (Å²) in [5.41, 5.74) is 2.84. The molecule has 1 amide bonds. The Bertz CT molecular complexity index is 852. The van der Waals surface area contributed by atoms with Crippen molar-refractivity contribution in [1.82, 2.24) is 5.32 Å². The van der Waals surface area contributed by atoms with Crippen LogP contribution in [-0.4, -0.2) is 40.7 Å². The molecule has 0 atom stereocenters. The Labute approximate surface area is 155 Å². The number of benzene rings is 2. The van der Waals surface area contributed by atoms with Crippen molar-refractivity contribution < 1.29 is 13.2 Å². The Balaban J connectivity index is 1.83. The summed E-state index contributed by atoms with van der Waals surface area (Å²) < 4.78 is 25.0. The van der Waals surface area contributed by atoms with Crippen LogP contribution in [0.4, 0.5) is 11.4 Å². The predicted octanol–water partition coefficient (Wildman–Crippen LogP) is 2.62. The number of nitrogens with one attached hydrogen (secondary N) is 2. The van der Waals surface area contributed by atoms with Gasteiger partial charge in [-0.25, -0.2) is 8.42 Å². The zero-order chi connectivity index (χ0) is 19.2. The maximum Gasteiger partial charge on any atom is 0.251 e. The molecule has 0 saturated heterocycles. The standard InChI is InChI=1S/C19H25N3O3S/c1-15-14-16(10-11-18(15)21-26(3,24)25)19(23)20-12-7-13-22(2)17-8-5-4-6-9-17/h4-6,8-11,14,21H,7,12-13H2,1-3H3,(H,20,23). The van der Waals surface area contributed by atoms with E-state index in [9.17, 15) is 13.2 Å². The Kier molecular flexibility index (Phi) is 6.63. The molecule has 0 saturated carbocycles. The number of rotatable bonds is 8. The molecule has 0 spiro atoms. The van der Waals surface area contributed by atoms with Gasteiger partial charge in [0, 0.05) is 31.4 Å². The van der Waals surface area contributed by atoms with Gasteiger partial charge < -0.3 is 10.2 Å². The van der Waals surface area contributed by atoms with Gasteiger partial charge in [0.1, 0.15) is 0 Å². The molecule has 0 unspecified atom stereocenters. The van der Waals surface area contributed by atoms with Crippen molar-refractivity contribution in [2.45, 2.75) is 13.3 Å². The quantitative estimate of drug-likeness (QED) is 0.695. The number of carbonyl (C=O) groups is 1. The van der Waals surface area contributed by atoms with E-state index >= 15 is 0 Å². The Morgan fingerprint density at radius 3 is 2.42 bits per heavy atom. The number of aryl methyl sites for hydroxylation is 1. The van der Waals surface area contributed by atoms with Gasteiger partial charge in [-0.1, -0.05) is 18.2 Å². The van der Waals surface area contributed by atoms with Crippen molar-refractivity contribution >= 4 is 27.3 Å². The number of amides is 1. The van der Waals surface area contributed by atoms with E-state index < -0.39 is 10.0 Å². The third kappa shape index (κ3) is 6.07. The van der Waals surface area contributed by atoms with E-state index in [-0.39, 0.29) is 5.91 Å². The van der Waals surface area contributed by atoms with E-state index in [1.807, 2.05) is 37.4 Å². The van der Waals surface area contributed by atoms with Gasteiger partial charge in [-0.15, -0.1) is 0 Å². The van der Waals surface area contributed by atoms with Gasteiger partial charge in [-0.2, -0.15) is 0 Å². The number of para-hydroxylation sites is 1. The molecule has 0 aliphatic carbocycles. The summed E-state index contributed by atoms with van der Waals surface area (Å²) >= 11 is 0. The van der Waals surface area contributed by atoms with Crippen LogP contribution in [0.25, 0.3) is 0 Å². The molecule has 7 heteroatoms. The van der Waals surface area contributed by atoms with Crippen LogP contribution in [0.15, 0.2) is 48.5 Å². The molecule has 0 bridgehead atoms. The van der Waals surface area contributed by atoms with Gasteiger partial charge in [0.2, 0.25) is 10.0 Å². The molecule has 2 aromatic rings. The van der Waals surface area contributed by atoms with Gasteiger partial charge in [0.25, 0.3) is 5.91 Å². The molecule has 140 valence electrons. The van der Waals surface area contributed by atoms with Crippen LogP contribution in [0.1, 0.15) is 22.3 Å². The lowest BCUT2D eigenvalue weighted by Gasteiger charge is -2.19. The molecule has 0 radical (unpaired) electrons. The van der Waals surface area contributed by atoms with E-state index in [0.29, 0.717) is 23.4 Å². The van der Waals surface area contributed by atoms with Crippen LogP contribution in [0.5, 0.6) is 0 Å². The zero-order valence-corrected chi connectivity index (χ0v) is 16.1. The van der Waals surface area contributed by atoms with E-state index in [1.54, 1.807) is 25.1 Å². The van der Waals surface area contributed by atoms with Gasteiger partial charge in [-0.05, 0) is 49.2 Å². The molecule has 2 aromatic carbocycles. The second-order valence-electron chi connectivity index (χ2n) is 6.27. The number of hydrogen-bond donors (Lipinski definition) is 2. The fourth-order valence-electron chi connectivity index (χ4n) is 2.55. The summed E-state index contributed by atoms with van der Waals surface area (Å²) in [4.78, 5) is 14.4. The summed E-state index contributed by atoms with van der Waals surface area (Å²) in [7, 11) is -1.31. The van der Waals surface area contributed by atoms with Crippen LogP contribution >= 0.6 is 0 Å². The van der Waals surface area contributed by atoms with Gasteiger partial charge in [0.05, 0.1) is 11.9 Å². The van der Waals surface area contributed by atoms with Crippen LogP contribution in [0, 0.1) is 6.92 Å². The zero-order valence-electron chi connectivity index (χ0n) is 15.3. The smallest absolute Gasteiger partial charge is 0.251 e. The third-order valence-corrected chi connectivity index (χ3v) is 4.53. The van der Waals surface area contributed by atoms with Gasteiger partial charge in [-0.3, -0.25) is 9.52 Å². The second-order valence-corrected chi connectivity index (χ2v) is 8.02. The first-order valence-corrected chi connectivity index (χ1v) is 10.3. The van der Waals surface area contributed by atoms with Crippen LogP contribution in [0.2, 0.25) is 0 Å². The minimum absolute atomic E-state index is 0.165. The van der Waals surface area contributed by atoms with Crippen LogP contribution < -0.4 is 14.9 Å². The van der Waals surface area contributed by atoms with E-state index in [0.717, 1.165) is 24.9 Å².